The van der Waals surface area contributed by atoms with Crippen molar-refractivity contribution in [2.75, 3.05) is 0 Å². The standard InChI is InChI=1S/C58H39N3/c1-5-16-40(17-6-1)41-32-34-45(35-33-41)56-59-55(44-18-7-2-8-19-44)60-57(61-56)48-21-15-20-46(38-48)42-28-30-43(31-29-42)47-36-37-52-51-26-13-14-27-53(51)58(54(52)39-47,49-22-9-3-10-23-49)50-24-11-4-12-25-50/h1-39H. The van der Waals surface area contributed by atoms with Gasteiger partial charge in [0.2, 0.25) is 0 Å². The molecule has 0 unspecified atom stereocenters. The lowest BCUT2D eigenvalue weighted by molar-refractivity contribution is 0.769. The first kappa shape index (κ1) is 36.1. The Morgan fingerprint density at radius 2 is 0.590 bits per heavy atom. The number of hydrogen-bond acceptors (Lipinski definition) is 3. The summed E-state index contributed by atoms with van der Waals surface area (Å²) < 4.78 is 0. The average molecular weight is 778 g/mol. The van der Waals surface area contributed by atoms with Crippen LogP contribution in [0, 0.1) is 0 Å². The topological polar surface area (TPSA) is 38.7 Å². The summed E-state index contributed by atoms with van der Waals surface area (Å²) in [4.78, 5) is 15.1. The Balaban J connectivity index is 0.955. The predicted molar refractivity (Wildman–Crippen MR) is 250 cm³/mol. The van der Waals surface area contributed by atoms with Crippen molar-refractivity contribution in [2.45, 2.75) is 5.41 Å². The van der Waals surface area contributed by atoms with E-state index in [4.69, 9.17) is 15.0 Å². The van der Waals surface area contributed by atoms with E-state index < -0.39 is 5.41 Å². The molecule has 0 atom stereocenters. The number of aromatic nitrogens is 3. The summed E-state index contributed by atoms with van der Waals surface area (Å²) in [7, 11) is 0. The van der Waals surface area contributed by atoms with Gasteiger partial charge in [0.1, 0.15) is 0 Å². The molecule has 61 heavy (non-hydrogen) atoms. The highest BCUT2D eigenvalue weighted by Crippen LogP contribution is 2.56. The van der Waals surface area contributed by atoms with Gasteiger partial charge in [-0.15, -0.1) is 0 Å². The lowest BCUT2D eigenvalue weighted by Gasteiger charge is -2.34. The summed E-state index contributed by atoms with van der Waals surface area (Å²) in [6, 6.07) is 84.3. The monoisotopic (exact) mass is 777 g/mol. The Morgan fingerprint density at radius 1 is 0.230 bits per heavy atom. The molecule has 0 amide bonds. The van der Waals surface area contributed by atoms with E-state index in [1.165, 1.54) is 50.1 Å². The molecule has 0 saturated carbocycles. The normalized spacial score (nSPS) is 12.4. The molecule has 3 heteroatoms. The van der Waals surface area contributed by atoms with Gasteiger partial charge in [0, 0.05) is 16.7 Å². The van der Waals surface area contributed by atoms with Crippen LogP contribution in [-0.2, 0) is 5.41 Å². The Bertz CT molecular complexity index is 3100. The van der Waals surface area contributed by atoms with Crippen LogP contribution in [-0.4, -0.2) is 15.0 Å². The predicted octanol–water partition coefficient (Wildman–Crippen LogP) is 14.2. The Morgan fingerprint density at radius 3 is 1.18 bits per heavy atom. The van der Waals surface area contributed by atoms with Crippen LogP contribution in [0.4, 0.5) is 0 Å². The van der Waals surface area contributed by atoms with Gasteiger partial charge < -0.3 is 0 Å². The lowest BCUT2D eigenvalue weighted by atomic mass is 9.67. The van der Waals surface area contributed by atoms with Crippen molar-refractivity contribution in [3.8, 4) is 78.7 Å². The molecule has 1 aromatic heterocycles. The van der Waals surface area contributed by atoms with Crippen molar-refractivity contribution >= 4 is 0 Å². The molecule has 0 saturated heterocycles. The van der Waals surface area contributed by atoms with Gasteiger partial charge in [-0.3, -0.25) is 0 Å². The molecule has 0 N–H and O–H groups in total. The first-order valence-electron chi connectivity index (χ1n) is 20.8. The van der Waals surface area contributed by atoms with Gasteiger partial charge in [-0.05, 0) is 78.9 Å². The van der Waals surface area contributed by atoms with Crippen LogP contribution in [0.5, 0.6) is 0 Å². The third-order valence-corrected chi connectivity index (χ3v) is 12.0. The highest BCUT2D eigenvalue weighted by molar-refractivity contribution is 5.88. The third-order valence-electron chi connectivity index (χ3n) is 12.0. The smallest absolute Gasteiger partial charge is 0.164 e. The van der Waals surface area contributed by atoms with Crippen molar-refractivity contribution in [1.82, 2.24) is 15.0 Å². The Labute approximate surface area is 356 Å². The summed E-state index contributed by atoms with van der Waals surface area (Å²) in [6.07, 6.45) is 0. The van der Waals surface area contributed by atoms with Gasteiger partial charge in [0.25, 0.3) is 0 Å². The van der Waals surface area contributed by atoms with Crippen molar-refractivity contribution in [2.24, 2.45) is 0 Å². The molecule has 3 nitrogen and oxygen atoms in total. The van der Waals surface area contributed by atoms with E-state index in [1.54, 1.807) is 0 Å². The molecule has 0 spiro atoms. The molecule has 10 aromatic rings. The second-order valence-electron chi connectivity index (χ2n) is 15.6. The van der Waals surface area contributed by atoms with Gasteiger partial charge in [-0.1, -0.05) is 224 Å². The average Bonchev–Trinajstić information content (AvgIpc) is 3.65. The highest BCUT2D eigenvalue weighted by Gasteiger charge is 2.46. The zero-order valence-electron chi connectivity index (χ0n) is 33.4. The maximum atomic E-state index is 5.07. The molecule has 0 aliphatic heterocycles. The summed E-state index contributed by atoms with van der Waals surface area (Å²) >= 11 is 0. The summed E-state index contributed by atoms with van der Waals surface area (Å²) in [5.74, 6) is 1.91. The summed E-state index contributed by atoms with van der Waals surface area (Å²) in [6.45, 7) is 0. The van der Waals surface area contributed by atoms with Crippen molar-refractivity contribution < 1.29 is 0 Å². The molecule has 0 radical (unpaired) electrons. The van der Waals surface area contributed by atoms with E-state index in [1.807, 2.05) is 36.4 Å². The third kappa shape index (κ3) is 6.44. The van der Waals surface area contributed by atoms with Crippen LogP contribution in [0.2, 0.25) is 0 Å². The van der Waals surface area contributed by atoms with E-state index in [-0.39, 0.29) is 0 Å². The Hall–Kier alpha value is -8.01. The number of hydrogen-bond donors (Lipinski definition) is 0. The van der Waals surface area contributed by atoms with Crippen LogP contribution in [0.15, 0.2) is 237 Å². The summed E-state index contributed by atoms with van der Waals surface area (Å²) in [5, 5.41) is 0. The molecule has 0 fully saturated rings. The molecule has 9 aromatic carbocycles. The first-order chi connectivity index (χ1) is 30.2. The second-order valence-corrected chi connectivity index (χ2v) is 15.6. The van der Waals surface area contributed by atoms with Gasteiger partial charge in [-0.2, -0.15) is 0 Å². The zero-order chi connectivity index (χ0) is 40.6. The fourth-order valence-corrected chi connectivity index (χ4v) is 9.11. The fraction of sp³-hybridized carbons (Fsp3) is 0.0172. The molecule has 0 bridgehead atoms. The van der Waals surface area contributed by atoms with Crippen LogP contribution in [0.3, 0.4) is 0 Å². The van der Waals surface area contributed by atoms with E-state index >= 15 is 0 Å². The van der Waals surface area contributed by atoms with E-state index in [0.717, 1.165) is 33.4 Å². The maximum Gasteiger partial charge on any atom is 0.164 e. The molecule has 1 aliphatic carbocycles. The van der Waals surface area contributed by atoms with Crippen molar-refractivity contribution in [3.63, 3.8) is 0 Å². The minimum Gasteiger partial charge on any atom is -0.208 e. The fourth-order valence-electron chi connectivity index (χ4n) is 9.11. The maximum absolute atomic E-state index is 5.07. The molecular formula is C58H39N3. The van der Waals surface area contributed by atoms with Gasteiger partial charge >= 0.3 is 0 Å². The van der Waals surface area contributed by atoms with Gasteiger partial charge in [0.05, 0.1) is 5.41 Å². The van der Waals surface area contributed by atoms with Crippen LogP contribution < -0.4 is 0 Å². The molecule has 1 aliphatic rings. The highest BCUT2D eigenvalue weighted by atomic mass is 15.0. The van der Waals surface area contributed by atoms with Gasteiger partial charge in [-0.25, -0.2) is 15.0 Å². The van der Waals surface area contributed by atoms with E-state index in [2.05, 4.69) is 200 Å². The lowest BCUT2D eigenvalue weighted by Crippen LogP contribution is -2.28. The number of nitrogens with zero attached hydrogens (tertiary/aromatic N) is 3. The van der Waals surface area contributed by atoms with Crippen LogP contribution in [0.1, 0.15) is 22.3 Å². The second kappa shape index (κ2) is 15.3. The van der Waals surface area contributed by atoms with E-state index in [9.17, 15) is 0 Å². The van der Waals surface area contributed by atoms with Crippen LogP contribution >= 0.6 is 0 Å². The van der Waals surface area contributed by atoms with Gasteiger partial charge in [0.15, 0.2) is 17.5 Å². The van der Waals surface area contributed by atoms with Crippen molar-refractivity contribution in [1.29, 1.82) is 0 Å². The SMILES string of the molecule is c1ccc(-c2ccc(-c3nc(-c4ccccc4)nc(-c4cccc(-c5ccc(-c6ccc7c(c6)C(c6ccccc6)(c6ccccc6)c6ccccc6-7)cc5)c4)n3)cc2)cc1. The van der Waals surface area contributed by atoms with Crippen LogP contribution in [0.25, 0.3) is 78.7 Å². The molecule has 286 valence electrons. The zero-order valence-corrected chi connectivity index (χ0v) is 33.4. The minimum absolute atomic E-state index is 0.439. The number of rotatable bonds is 8. The first-order valence-corrected chi connectivity index (χ1v) is 20.8. The quantitative estimate of drug-likeness (QED) is 0.154. The minimum atomic E-state index is -0.439. The Kier molecular flexibility index (Phi) is 9.05. The molecule has 11 rings (SSSR count). The molecule has 1 heterocycles. The number of fused-ring (bicyclic) bond motifs is 3. The largest absolute Gasteiger partial charge is 0.208 e. The number of benzene rings is 9. The molecular weight excluding hydrogens is 739 g/mol. The van der Waals surface area contributed by atoms with Crippen molar-refractivity contribution in [3.05, 3.63) is 259 Å². The summed E-state index contributed by atoms with van der Waals surface area (Å²) in [5.41, 5.74) is 17.0. The van der Waals surface area contributed by atoms with E-state index in [0.29, 0.717) is 17.5 Å².